The summed E-state index contributed by atoms with van der Waals surface area (Å²) in [6, 6.07) is 6.89. The van der Waals surface area contributed by atoms with Gasteiger partial charge in [-0.2, -0.15) is 0 Å². The third-order valence-corrected chi connectivity index (χ3v) is 3.66. The van der Waals surface area contributed by atoms with Gasteiger partial charge in [0.2, 0.25) is 5.91 Å². The summed E-state index contributed by atoms with van der Waals surface area (Å²) in [7, 11) is 1.60. The largest absolute Gasteiger partial charge is 0.497 e. The van der Waals surface area contributed by atoms with E-state index in [1.165, 1.54) is 0 Å². The van der Waals surface area contributed by atoms with Crippen molar-refractivity contribution in [3.8, 4) is 5.75 Å². The lowest BCUT2D eigenvalue weighted by atomic mass is 9.99. The van der Waals surface area contributed by atoms with Crippen molar-refractivity contribution in [1.29, 1.82) is 0 Å². The van der Waals surface area contributed by atoms with Crippen molar-refractivity contribution < 1.29 is 14.6 Å². The number of hydrogen-bond donors (Lipinski definition) is 2. The van der Waals surface area contributed by atoms with E-state index >= 15 is 0 Å². The van der Waals surface area contributed by atoms with E-state index in [0.717, 1.165) is 24.2 Å². The molecule has 1 aromatic rings. The Bertz CT molecular complexity index is 412. The first-order valence-electron chi connectivity index (χ1n) is 7.15. The number of rotatable bonds is 7. The van der Waals surface area contributed by atoms with E-state index in [1.54, 1.807) is 19.2 Å². The van der Waals surface area contributed by atoms with Crippen molar-refractivity contribution in [2.24, 2.45) is 5.92 Å². The monoisotopic (exact) mass is 279 g/mol. The Morgan fingerprint density at radius 3 is 2.25 bits per heavy atom. The lowest BCUT2D eigenvalue weighted by Gasteiger charge is -2.23. The van der Waals surface area contributed by atoms with Gasteiger partial charge in [0.1, 0.15) is 5.75 Å². The Labute approximate surface area is 121 Å². The lowest BCUT2D eigenvalue weighted by Crippen LogP contribution is -2.40. The predicted molar refractivity (Wildman–Crippen MR) is 79.6 cm³/mol. The van der Waals surface area contributed by atoms with Crippen LogP contribution in [0.5, 0.6) is 5.75 Å². The molecule has 1 amide bonds. The van der Waals surface area contributed by atoms with Crippen LogP contribution in [0, 0.1) is 5.92 Å². The standard InChI is InChI=1S/C16H25NO3/c1-5-12(6-2)16(19)17-11(3)15(18)13-7-9-14(20-4)10-8-13/h7-12,15,18H,5-6H2,1-4H3,(H,17,19). The number of methoxy groups -OCH3 is 1. The Balaban J connectivity index is 2.65. The molecule has 20 heavy (non-hydrogen) atoms. The minimum absolute atomic E-state index is 0.00932. The highest BCUT2D eigenvalue weighted by molar-refractivity contribution is 5.78. The third-order valence-electron chi connectivity index (χ3n) is 3.66. The highest BCUT2D eigenvalue weighted by Gasteiger charge is 2.21. The molecule has 4 nitrogen and oxygen atoms in total. The van der Waals surface area contributed by atoms with Crippen LogP contribution < -0.4 is 10.1 Å². The second kappa shape index (κ2) is 7.90. The maximum Gasteiger partial charge on any atom is 0.223 e. The molecule has 0 bridgehead atoms. The van der Waals surface area contributed by atoms with Gasteiger partial charge in [0.05, 0.1) is 19.3 Å². The molecule has 0 saturated carbocycles. The molecule has 4 heteroatoms. The third kappa shape index (κ3) is 4.23. The maximum atomic E-state index is 12.0. The molecule has 2 unspecified atom stereocenters. The number of benzene rings is 1. The first kappa shape index (κ1) is 16.5. The van der Waals surface area contributed by atoms with Gasteiger partial charge < -0.3 is 15.2 Å². The van der Waals surface area contributed by atoms with Crippen LogP contribution in [-0.2, 0) is 4.79 Å². The summed E-state index contributed by atoms with van der Waals surface area (Å²) in [5.41, 5.74) is 0.767. The van der Waals surface area contributed by atoms with Crippen LogP contribution in [0.15, 0.2) is 24.3 Å². The number of aliphatic hydroxyl groups excluding tert-OH is 1. The van der Waals surface area contributed by atoms with E-state index in [0.29, 0.717) is 0 Å². The zero-order valence-corrected chi connectivity index (χ0v) is 12.7. The van der Waals surface area contributed by atoms with Crippen molar-refractivity contribution in [2.45, 2.75) is 45.8 Å². The van der Waals surface area contributed by atoms with Gasteiger partial charge in [-0.1, -0.05) is 26.0 Å². The van der Waals surface area contributed by atoms with Crippen molar-refractivity contribution >= 4 is 5.91 Å². The first-order chi connectivity index (χ1) is 9.53. The van der Waals surface area contributed by atoms with Crippen molar-refractivity contribution in [3.63, 3.8) is 0 Å². The molecule has 0 fully saturated rings. The van der Waals surface area contributed by atoms with Crippen LogP contribution in [0.25, 0.3) is 0 Å². The molecule has 112 valence electrons. The van der Waals surface area contributed by atoms with E-state index in [-0.39, 0.29) is 17.9 Å². The average Bonchev–Trinajstić information content (AvgIpc) is 2.47. The molecular weight excluding hydrogens is 254 g/mol. The summed E-state index contributed by atoms with van der Waals surface area (Å²) in [5, 5.41) is 13.2. The molecule has 0 aliphatic carbocycles. The molecule has 1 rings (SSSR count). The van der Waals surface area contributed by atoms with E-state index in [9.17, 15) is 9.90 Å². The van der Waals surface area contributed by atoms with E-state index in [4.69, 9.17) is 4.74 Å². The fraction of sp³-hybridized carbons (Fsp3) is 0.562. The van der Waals surface area contributed by atoms with Gasteiger partial charge in [0.25, 0.3) is 0 Å². The van der Waals surface area contributed by atoms with Crippen LogP contribution >= 0.6 is 0 Å². The van der Waals surface area contributed by atoms with Crippen LogP contribution in [0.4, 0.5) is 0 Å². The zero-order chi connectivity index (χ0) is 15.1. The number of nitrogens with one attached hydrogen (secondary N) is 1. The predicted octanol–water partition coefficient (Wildman–Crippen LogP) is 2.67. The van der Waals surface area contributed by atoms with E-state index in [2.05, 4.69) is 5.32 Å². The molecule has 0 aromatic heterocycles. The summed E-state index contributed by atoms with van der Waals surface area (Å²) in [6.07, 6.45) is 0.903. The second-order valence-electron chi connectivity index (χ2n) is 5.03. The summed E-state index contributed by atoms with van der Waals surface area (Å²) >= 11 is 0. The molecule has 2 atom stereocenters. The van der Waals surface area contributed by atoms with E-state index < -0.39 is 6.10 Å². The van der Waals surface area contributed by atoms with Crippen LogP contribution in [-0.4, -0.2) is 24.2 Å². The fourth-order valence-corrected chi connectivity index (χ4v) is 2.17. The Morgan fingerprint density at radius 1 is 1.25 bits per heavy atom. The number of aliphatic hydroxyl groups is 1. The highest BCUT2D eigenvalue weighted by Crippen LogP contribution is 2.20. The molecular formula is C16H25NO3. The van der Waals surface area contributed by atoms with Crippen LogP contribution in [0.3, 0.4) is 0 Å². The van der Waals surface area contributed by atoms with Gasteiger partial charge in [-0.25, -0.2) is 0 Å². The van der Waals surface area contributed by atoms with Gasteiger partial charge >= 0.3 is 0 Å². The molecule has 0 saturated heterocycles. The van der Waals surface area contributed by atoms with Crippen LogP contribution in [0.2, 0.25) is 0 Å². The summed E-state index contributed by atoms with van der Waals surface area (Å²) in [5.74, 6) is 0.769. The summed E-state index contributed by atoms with van der Waals surface area (Å²) in [6.45, 7) is 5.81. The molecule has 0 aliphatic rings. The fourth-order valence-electron chi connectivity index (χ4n) is 2.17. The van der Waals surface area contributed by atoms with Crippen molar-refractivity contribution in [3.05, 3.63) is 29.8 Å². The quantitative estimate of drug-likeness (QED) is 0.806. The number of hydrogen-bond acceptors (Lipinski definition) is 3. The van der Waals surface area contributed by atoms with Gasteiger partial charge in [-0.15, -0.1) is 0 Å². The van der Waals surface area contributed by atoms with Gasteiger partial charge in [0.15, 0.2) is 0 Å². The zero-order valence-electron chi connectivity index (χ0n) is 12.7. The maximum absolute atomic E-state index is 12.0. The number of amides is 1. The Kier molecular flexibility index (Phi) is 6.52. The number of ether oxygens (including phenoxy) is 1. The van der Waals surface area contributed by atoms with Gasteiger partial charge in [-0.05, 0) is 37.5 Å². The summed E-state index contributed by atoms with van der Waals surface area (Å²) < 4.78 is 5.08. The molecule has 0 aliphatic heterocycles. The van der Waals surface area contributed by atoms with Crippen molar-refractivity contribution in [1.82, 2.24) is 5.32 Å². The lowest BCUT2D eigenvalue weighted by molar-refractivity contribution is -0.126. The number of carbonyl (C=O) groups excluding carboxylic acids is 1. The minimum Gasteiger partial charge on any atom is -0.497 e. The number of carbonyl (C=O) groups is 1. The van der Waals surface area contributed by atoms with Crippen LogP contribution in [0.1, 0.15) is 45.3 Å². The average molecular weight is 279 g/mol. The molecule has 0 heterocycles. The topological polar surface area (TPSA) is 58.6 Å². The van der Waals surface area contributed by atoms with Gasteiger partial charge in [-0.3, -0.25) is 4.79 Å². The van der Waals surface area contributed by atoms with E-state index in [1.807, 2.05) is 32.9 Å². The van der Waals surface area contributed by atoms with Crippen molar-refractivity contribution in [2.75, 3.05) is 7.11 Å². The minimum atomic E-state index is -0.723. The Morgan fingerprint density at radius 2 is 1.80 bits per heavy atom. The second-order valence-corrected chi connectivity index (χ2v) is 5.03. The molecule has 1 aromatic carbocycles. The Hall–Kier alpha value is -1.55. The first-order valence-corrected chi connectivity index (χ1v) is 7.15. The SMILES string of the molecule is CCC(CC)C(=O)NC(C)C(O)c1ccc(OC)cc1. The molecule has 0 spiro atoms. The molecule has 2 N–H and O–H groups in total. The molecule has 0 radical (unpaired) electrons. The summed E-state index contributed by atoms with van der Waals surface area (Å²) in [4.78, 5) is 12.0. The normalized spacial score (nSPS) is 13.9. The van der Waals surface area contributed by atoms with Gasteiger partial charge in [0, 0.05) is 5.92 Å². The smallest absolute Gasteiger partial charge is 0.223 e. The highest BCUT2D eigenvalue weighted by atomic mass is 16.5.